The predicted molar refractivity (Wildman–Crippen MR) is 41.9 cm³/mol. The first-order valence-electron chi connectivity index (χ1n) is 3.02. The van der Waals surface area contributed by atoms with E-state index in [0.717, 1.165) is 4.90 Å². The minimum atomic E-state index is -1.14. The van der Waals surface area contributed by atoms with E-state index in [0.29, 0.717) is 0 Å². The molecule has 0 fully saturated rings. The molecule has 1 N–H and O–H groups in total. The fraction of sp³-hybridized carbons (Fsp3) is 0.250. The number of amides is 1. The molecule has 0 aromatic rings. The van der Waals surface area contributed by atoms with Crippen molar-refractivity contribution in [3.8, 4) is 24.7 Å². The molecule has 0 heterocycles. The lowest BCUT2D eigenvalue weighted by Crippen LogP contribution is -2.34. The van der Waals surface area contributed by atoms with Crippen LogP contribution in [0.25, 0.3) is 0 Å². The summed E-state index contributed by atoms with van der Waals surface area (Å²) in [5.74, 6) is 2.06. The number of carbonyl (C=O) groups excluding carboxylic acids is 1. The summed E-state index contributed by atoms with van der Waals surface area (Å²) in [5.41, 5.74) is 0. The topological polar surface area (TPSA) is 57.6 Å². The van der Waals surface area contributed by atoms with E-state index >= 15 is 0 Å². The lowest BCUT2D eigenvalue weighted by atomic mass is 10.4. The number of nitrogens with zero attached hydrogens (tertiary/aromatic N) is 1. The van der Waals surface area contributed by atoms with Crippen molar-refractivity contribution in [1.29, 1.82) is 0 Å². The van der Waals surface area contributed by atoms with Crippen molar-refractivity contribution in [2.75, 3.05) is 13.1 Å². The largest absolute Gasteiger partial charge is 0.480 e. The van der Waals surface area contributed by atoms with Crippen LogP contribution in [0.4, 0.5) is 0 Å². The molecule has 0 aromatic heterocycles. The summed E-state index contributed by atoms with van der Waals surface area (Å²) in [7, 11) is 0. The normalized spacial score (nSPS) is 7.83. The standard InChI is InChI=1S/C8H7NO3/c1-3-5-9(6-8(11)12)7(10)4-2/h1-2H,5-6H2,(H,11,12). The summed E-state index contributed by atoms with van der Waals surface area (Å²) in [6.07, 6.45) is 9.67. The third-order valence-corrected chi connectivity index (χ3v) is 1.02. The van der Waals surface area contributed by atoms with Crippen LogP contribution < -0.4 is 0 Å². The quantitative estimate of drug-likeness (QED) is 0.555. The molecular weight excluding hydrogens is 158 g/mol. The molecule has 0 saturated carbocycles. The molecular formula is C8H7NO3. The number of carbonyl (C=O) groups is 2. The number of carboxylic acids is 1. The van der Waals surface area contributed by atoms with Crippen LogP contribution in [0.1, 0.15) is 0 Å². The zero-order valence-electron chi connectivity index (χ0n) is 6.28. The summed E-state index contributed by atoms with van der Waals surface area (Å²) in [6.45, 7) is -0.553. The third kappa shape index (κ3) is 3.28. The van der Waals surface area contributed by atoms with E-state index in [1.54, 1.807) is 5.92 Å². The molecule has 4 nitrogen and oxygen atoms in total. The molecule has 0 bridgehead atoms. The maximum Gasteiger partial charge on any atom is 0.323 e. The Morgan fingerprint density at radius 1 is 1.42 bits per heavy atom. The van der Waals surface area contributed by atoms with E-state index in [4.69, 9.17) is 18.0 Å². The Morgan fingerprint density at radius 2 is 2.00 bits per heavy atom. The lowest BCUT2D eigenvalue weighted by molar-refractivity contribution is -0.142. The van der Waals surface area contributed by atoms with Crippen molar-refractivity contribution in [2.45, 2.75) is 0 Å². The molecule has 0 saturated heterocycles. The minimum Gasteiger partial charge on any atom is -0.480 e. The van der Waals surface area contributed by atoms with Gasteiger partial charge in [-0.15, -0.1) is 12.8 Å². The molecule has 0 aliphatic carbocycles. The van der Waals surface area contributed by atoms with Crippen LogP contribution in [-0.2, 0) is 9.59 Å². The summed E-state index contributed by atoms with van der Waals surface area (Å²) in [5, 5.41) is 8.32. The molecule has 1 amide bonds. The van der Waals surface area contributed by atoms with E-state index in [1.807, 2.05) is 0 Å². The molecule has 0 rings (SSSR count). The van der Waals surface area contributed by atoms with E-state index in [1.165, 1.54) is 0 Å². The van der Waals surface area contributed by atoms with Crippen molar-refractivity contribution < 1.29 is 14.7 Å². The molecule has 0 aliphatic heterocycles. The van der Waals surface area contributed by atoms with Gasteiger partial charge in [-0.2, -0.15) is 0 Å². The Kier molecular flexibility index (Phi) is 4.03. The Hall–Kier alpha value is -1.94. The monoisotopic (exact) mass is 165 g/mol. The molecule has 62 valence electrons. The Labute approximate surface area is 70.2 Å². The van der Waals surface area contributed by atoms with Crippen LogP contribution in [0, 0.1) is 24.7 Å². The van der Waals surface area contributed by atoms with Gasteiger partial charge in [0.2, 0.25) is 0 Å². The molecule has 4 heteroatoms. The molecule has 0 aromatic carbocycles. The highest BCUT2D eigenvalue weighted by atomic mass is 16.4. The molecule has 0 spiro atoms. The zero-order valence-corrected chi connectivity index (χ0v) is 6.28. The van der Waals surface area contributed by atoms with Gasteiger partial charge in [0.25, 0.3) is 5.91 Å². The predicted octanol–water partition coefficient (Wildman–Crippen LogP) is -0.834. The van der Waals surface area contributed by atoms with Gasteiger partial charge in [0.15, 0.2) is 0 Å². The van der Waals surface area contributed by atoms with Gasteiger partial charge in [0.05, 0.1) is 6.54 Å². The van der Waals surface area contributed by atoms with E-state index in [9.17, 15) is 9.59 Å². The van der Waals surface area contributed by atoms with Crippen LogP contribution in [-0.4, -0.2) is 35.0 Å². The van der Waals surface area contributed by atoms with Crippen LogP contribution in [0.2, 0.25) is 0 Å². The van der Waals surface area contributed by atoms with Gasteiger partial charge < -0.3 is 10.0 Å². The van der Waals surface area contributed by atoms with Gasteiger partial charge in [0, 0.05) is 0 Å². The lowest BCUT2D eigenvalue weighted by Gasteiger charge is -2.13. The number of rotatable bonds is 3. The summed E-state index contributed by atoms with van der Waals surface area (Å²) in [4.78, 5) is 21.8. The van der Waals surface area contributed by atoms with Gasteiger partial charge in [-0.05, 0) is 5.92 Å². The van der Waals surface area contributed by atoms with E-state index < -0.39 is 18.4 Å². The fourth-order valence-electron chi connectivity index (χ4n) is 0.564. The fourth-order valence-corrected chi connectivity index (χ4v) is 0.564. The highest BCUT2D eigenvalue weighted by Crippen LogP contribution is 1.87. The number of carboxylic acid groups (broad SMARTS) is 1. The smallest absolute Gasteiger partial charge is 0.323 e. The zero-order chi connectivity index (χ0) is 9.56. The van der Waals surface area contributed by atoms with E-state index in [-0.39, 0.29) is 6.54 Å². The van der Waals surface area contributed by atoms with Crippen molar-refractivity contribution in [3.63, 3.8) is 0 Å². The highest BCUT2D eigenvalue weighted by molar-refractivity contribution is 5.94. The number of aliphatic carboxylic acids is 1. The summed E-state index contributed by atoms with van der Waals surface area (Å²) < 4.78 is 0. The Bertz CT molecular complexity index is 269. The third-order valence-electron chi connectivity index (χ3n) is 1.02. The van der Waals surface area contributed by atoms with Crippen LogP contribution >= 0.6 is 0 Å². The molecule has 0 unspecified atom stereocenters. The highest BCUT2D eigenvalue weighted by Gasteiger charge is 2.12. The summed E-state index contributed by atoms with van der Waals surface area (Å²) in [6, 6.07) is 0. The SMILES string of the molecule is C#CCN(CC(=O)O)C(=O)C#C. The van der Waals surface area contributed by atoms with E-state index in [2.05, 4.69) is 5.92 Å². The van der Waals surface area contributed by atoms with Gasteiger partial charge in [-0.1, -0.05) is 5.92 Å². The van der Waals surface area contributed by atoms with Gasteiger partial charge in [-0.25, -0.2) is 0 Å². The summed E-state index contributed by atoms with van der Waals surface area (Å²) >= 11 is 0. The number of terminal acetylenes is 2. The van der Waals surface area contributed by atoms with Crippen LogP contribution in [0.3, 0.4) is 0 Å². The first kappa shape index (κ1) is 10.1. The maximum absolute atomic E-state index is 10.8. The van der Waals surface area contributed by atoms with Crippen LogP contribution in [0.15, 0.2) is 0 Å². The van der Waals surface area contributed by atoms with Crippen molar-refractivity contribution in [3.05, 3.63) is 0 Å². The van der Waals surface area contributed by atoms with Crippen LogP contribution in [0.5, 0.6) is 0 Å². The molecule has 0 aliphatic rings. The second kappa shape index (κ2) is 4.81. The number of hydrogen-bond acceptors (Lipinski definition) is 2. The minimum absolute atomic E-state index is 0.0880. The maximum atomic E-state index is 10.8. The second-order valence-corrected chi connectivity index (χ2v) is 1.90. The number of hydrogen-bond donors (Lipinski definition) is 1. The van der Waals surface area contributed by atoms with Gasteiger partial charge >= 0.3 is 5.97 Å². The second-order valence-electron chi connectivity index (χ2n) is 1.90. The van der Waals surface area contributed by atoms with Crippen molar-refractivity contribution >= 4 is 11.9 Å². The Morgan fingerprint density at radius 3 is 2.33 bits per heavy atom. The van der Waals surface area contributed by atoms with Crippen molar-refractivity contribution in [2.24, 2.45) is 0 Å². The van der Waals surface area contributed by atoms with Gasteiger partial charge in [-0.3, -0.25) is 9.59 Å². The average Bonchev–Trinajstić information content (AvgIpc) is 2.01. The molecule has 0 atom stereocenters. The van der Waals surface area contributed by atoms with Crippen molar-refractivity contribution in [1.82, 2.24) is 4.90 Å². The molecule has 0 radical (unpaired) electrons. The average molecular weight is 165 g/mol. The molecule has 12 heavy (non-hydrogen) atoms. The van der Waals surface area contributed by atoms with Gasteiger partial charge in [0.1, 0.15) is 6.54 Å². The first-order chi connectivity index (χ1) is 5.61. The Balaban J connectivity index is 4.27. The first-order valence-corrected chi connectivity index (χ1v) is 3.02.